The van der Waals surface area contributed by atoms with E-state index in [-0.39, 0.29) is 12.1 Å². The number of nitrogens with zero attached hydrogens (tertiary/aromatic N) is 3. The van der Waals surface area contributed by atoms with Crippen LogP contribution in [0.2, 0.25) is 0 Å². The molecule has 2 unspecified atom stereocenters. The van der Waals surface area contributed by atoms with Crippen molar-refractivity contribution in [1.82, 2.24) is 20.0 Å². The van der Waals surface area contributed by atoms with E-state index in [4.69, 9.17) is 0 Å². The van der Waals surface area contributed by atoms with Gasteiger partial charge in [-0.05, 0) is 39.0 Å². The first kappa shape index (κ1) is 16.8. The van der Waals surface area contributed by atoms with Crippen LogP contribution in [0, 0.1) is 19.8 Å². The van der Waals surface area contributed by atoms with E-state index < -0.39 is 6.10 Å². The Bertz CT molecular complexity index is 536. The van der Waals surface area contributed by atoms with Gasteiger partial charge in [-0.1, -0.05) is 6.92 Å². The number of nitrogens with one attached hydrogen (secondary N) is 1. The van der Waals surface area contributed by atoms with Crippen molar-refractivity contribution in [1.29, 1.82) is 0 Å². The monoisotopic (exact) mass is 308 g/mol. The van der Waals surface area contributed by atoms with Crippen LogP contribution in [0.25, 0.3) is 0 Å². The summed E-state index contributed by atoms with van der Waals surface area (Å²) in [5.74, 6) is 0.375. The normalized spacial score (nSPS) is 17.2. The highest BCUT2D eigenvalue weighted by molar-refractivity contribution is 5.74. The van der Waals surface area contributed by atoms with Gasteiger partial charge in [0.25, 0.3) is 0 Å². The third-order valence-corrected chi connectivity index (χ3v) is 4.59. The number of rotatable bonds is 6. The zero-order valence-electron chi connectivity index (χ0n) is 14.3. The maximum absolute atomic E-state index is 12.4. The molecule has 2 amide bonds. The van der Waals surface area contributed by atoms with E-state index in [1.807, 2.05) is 25.6 Å². The Balaban J connectivity index is 2.01. The molecule has 1 saturated carbocycles. The molecule has 6 nitrogen and oxygen atoms in total. The van der Waals surface area contributed by atoms with E-state index >= 15 is 0 Å². The first-order valence-electron chi connectivity index (χ1n) is 8.04. The highest BCUT2D eigenvalue weighted by Crippen LogP contribution is 2.32. The molecule has 1 aliphatic carbocycles. The number of aliphatic hydroxyl groups excluding tert-OH is 1. The van der Waals surface area contributed by atoms with Crippen LogP contribution in [-0.2, 0) is 7.05 Å². The van der Waals surface area contributed by atoms with Crippen LogP contribution < -0.4 is 5.32 Å². The van der Waals surface area contributed by atoms with E-state index in [9.17, 15) is 9.90 Å². The van der Waals surface area contributed by atoms with E-state index in [1.165, 1.54) is 0 Å². The zero-order valence-corrected chi connectivity index (χ0v) is 14.3. The quantitative estimate of drug-likeness (QED) is 0.843. The Morgan fingerprint density at radius 1 is 1.50 bits per heavy atom. The van der Waals surface area contributed by atoms with Gasteiger partial charge in [0.2, 0.25) is 0 Å². The van der Waals surface area contributed by atoms with Gasteiger partial charge in [-0.25, -0.2) is 4.79 Å². The number of amides is 2. The Morgan fingerprint density at radius 2 is 2.14 bits per heavy atom. The van der Waals surface area contributed by atoms with Crippen molar-refractivity contribution < 1.29 is 9.90 Å². The zero-order chi connectivity index (χ0) is 16.4. The van der Waals surface area contributed by atoms with Crippen molar-refractivity contribution in [3.05, 3.63) is 17.0 Å². The summed E-state index contributed by atoms with van der Waals surface area (Å²) < 4.78 is 1.85. The van der Waals surface area contributed by atoms with Crippen molar-refractivity contribution in [2.75, 3.05) is 13.6 Å². The van der Waals surface area contributed by atoms with Gasteiger partial charge in [-0.3, -0.25) is 4.68 Å². The second-order valence-electron chi connectivity index (χ2n) is 6.40. The second-order valence-corrected chi connectivity index (χ2v) is 6.40. The lowest BCUT2D eigenvalue weighted by Crippen LogP contribution is -2.43. The molecule has 2 atom stereocenters. The van der Waals surface area contributed by atoms with E-state index in [2.05, 4.69) is 17.3 Å². The van der Waals surface area contributed by atoms with Gasteiger partial charge in [0, 0.05) is 31.9 Å². The molecule has 6 heteroatoms. The predicted molar refractivity (Wildman–Crippen MR) is 85.6 cm³/mol. The number of aromatic nitrogens is 2. The molecule has 0 aromatic carbocycles. The molecular formula is C16H28N4O2. The van der Waals surface area contributed by atoms with E-state index in [0.717, 1.165) is 36.2 Å². The Hall–Kier alpha value is -1.56. The SMILES string of the molecule is CCC(NC(=O)N(C)CC(O)C1CC1)c1c(C)nn(C)c1C. The fourth-order valence-corrected chi connectivity index (χ4v) is 2.93. The minimum Gasteiger partial charge on any atom is -0.391 e. The molecule has 2 N–H and O–H groups in total. The van der Waals surface area contributed by atoms with Crippen LogP contribution in [-0.4, -0.2) is 45.5 Å². The van der Waals surface area contributed by atoms with Gasteiger partial charge in [-0.2, -0.15) is 5.10 Å². The number of urea groups is 1. The summed E-state index contributed by atoms with van der Waals surface area (Å²) in [4.78, 5) is 13.9. The number of carbonyl (C=O) groups is 1. The molecule has 1 heterocycles. The fourth-order valence-electron chi connectivity index (χ4n) is 2.93. The molecule has 1 aliphatic rings. The van der Waals surface area contributed by atoms with Crippen molar-refractivity contribution >= 4 is 6.03 Å². The first-order valence-corrected chi connectivity index (χ1v) is 8.04. The van der Waals surface area contributed by atoms with Gasteiger partial charge < -0.3 is 15.3 Å². The largest absolute Gasteiger partial charge is 0.391 e. The number of carbonyl (C=O) groups excluding carboxylic acids is 1. The van der Waals surface area contributed by atoms with Crippen molar-refractivity contribution in [2.45, 2.75) is 52.2 Å². The third-order valence-electron chi connectivity index (χ3n) is 4.59. The summed E-state index contributed by atoms with van der Waals surface area (Å²) in [6.07, 6.45) is 2.54. The lowest BCUT2D eigenvalue weighted by atomic mass is 10.0. The molecule has 124 valence electrons. The van der Waals surface area contributed by atoms with Crippen molar-refractivity contribution in [2.24, 2.45) is 13.0 Å². The van der Waals surface area contributed by atoms with Gasteiger partial charge in [0.05, 0.1) is 17.8 Å². The maximum Gasteiger partial charge on any atom is 0.317 e. The summed E-state index contributed by atoms with van der Waals surface area (Å²) >= 11 is 0. The molecule has 1 aromatic rings. The van der Waals surface area contributed by atoms with Crippen molar-refractivity contribution in [3.63, 3.8) is 0 Å². The number of hydrogen-bond acceptors (Lipinski definition) is 3. The molecule has 0 saturated heterocycles. The van der Waals surface area contributed by atoms with Crippen LogP contribution in [0.3, 0.4) is 0 Å². The smallest absolute Gasteiger partial charge is 0.317 e. The van der Waals surface area contributed by atoms with Gasteiger partial charge >= 0.3 is 6.03 Å². The summed E-state index contributed by atoms with van der Waals surface area (Å²) in [6, 6.07) is -0.198. The highest BCUT2D eigenvalue weighted by atomic mass is 16.3. The third kappa shape index (κ3) is 3.61. The highest BCUT2D eigenvalue weighted by Gasteiger charge is 2.31. The summed E-state index contributed by atoms with van der Waals surface area (Å²) in [6.45, 7) is 6.43. The predicted octanol–water partition coefficient (Wildman–Crippen LogP) is 1.90. The second kappa shape index (κ2) is 6.69. The molecular weight excluding hydrogens is 280 g/mol. The first-order chi connectivity index (χ1) is 10.3. The number of aliphatic hydroxyl groups is 1. The molecule has 0 radical (unpaired) electrons. The Labute approximate surface area is 132 Å². The Morgan fingerprint density at radius 3 is 2.59 bits per heavy atom. The minimum absolute atomic E-state index is 0.0540. The maximum atomic E-state index is 12.4. The van der Waals surface area contributed by atoms with E-state index in [0.29, 0.717) is 12.5 Å². The van der Waals surface area contributed by atoms with Crippen LogP contribution >= 0.6 is 0 Å². The van der Waals surface area contributed by atoms with Crippen molar-refractivity contribution in [3.8, 4) is 0 Å². The number of likely N-dealkylation sites (N-methyl/N-ethyl adjacent to an activating group) is 1. The van der Waals surface area contributed by atoms with Crippen LogP contribution in [0.4, 0.5) is 4.79 Å². The molecule has 22 heavy (non-hydrogen) atoms. The number of aryl methyl sites for hydroxylation is 2. The lowest BCUT2D eigenvalue weighted by Gasteiger charge is -2.25. The number of hydrogen-bond donors (Lipinski definition) is 2. The minimum atomic E-state index is -0.405. The average molecular weight is 308 g/mol. The summed E-state index contributed by atoms with van der Waals surface area (Å²) in [5.41, 5.74) is 3.12. The topological polar surface area (TPSA) is 70.4 Å². The molecule has 0 aliphatic heterocycles. The summed E-state index contributed by atoms with van der Waals surface area (Å²) in [5, 5.41) is 17.5. The summed E-state index contributed by atoms with van der Waals surface area (Å²) in [7, 11) is 3.65. The molecule has 0 spiro atoms. The van der Waals surface area contributed by atoms with Gasteiger partial charge in [0.1, 0.15) is 0 Å². The average Bonchev–Trinajstić information content (AvgIpc) is 3.26. The van der Waals surface area contributed by atoms with Gasteiger partial charge in [0.15, 0.2) is 0 Å². The Kier molecular flexibility index (Phi) is 5.11. The molecule has 1 aromatic heterocycles. The molecule has 2 rings (SSSR count). The van der Waals surface area contributed by atoms with Crippen LogP contribution in [0.1, 0.15) is 49.2 Å². The van der Waals surface area contributed by atoms with Crippen LogP contribution in [0.15, 0.2) is 0 Å². The van der Waals surface area contributed by atoms with Crippen LogP contribution in [0.5, 0.6) is 0 Å². The van der Waals surface area contributed by atoms with Gasteiger partial charge in [-0.15, -0.1) is 0 Å². The lowest BCUT2D eigenvalue weighted by molar-refractivity contribution is 0.112. The molecule has 0 bridgehead atoms. The standard InChI is InChI=1S/C16H28N4O2/c1-6-13(15-10(2)18-20(5)11(15)3)17-16(22)19(4)9-14(21)12-7-8-12/h12-14,21H,6-9H2,1-5H3,(H,17,22). The molecule has 1 fully saturated rings. The fraction of sp³-hybridized carbons (Fsp3) is 0.750. The van der Waals surface area contributed by atoms with E-state index in [1.54, 1.807) is 11.9 Å².